The van der Waals surface area contributed by atoms with Crippen molar-refractivity contribution in [3.8, 4) is 0 Å². The third-order valence-corrected chi connectivity index (χ3v) is 3.83. The van der Waals surface area contributed by atoms with Gasteiger partial charge in [-0.2, -0.15) is 0 Å². The minimum Gasteiger partial charge on any atom is -0.313 e. The molecule has 0 saturated carbocycles. The van der Waals surface area contributed by atoms with E-state index in [1.807, 2.05) is 0 Å². The molecule has 2 nitrogen and oxygen atoms in total. The second-order valence-corrected chi connectivity index (χ2v) is 5.13. The fourth-order valence-electron chi connectivity index (χ4n) is 2.45. The maximum atomic E-state index is 3.57. The Morgan fingerprint density at radius 1 is 1.27 bits per heavy atom. The Morgan fingerprint density at radius 2 is 1.93 bits per heavy atom. The molecule has 0 radical (unpaired) electrons. The zero-order chi connectivity index (χ0) is 11.3. The molecule has 1 aliphatic heterocycles. The Kier molecular flexibility index (Phi) is 5.62. The Bertz CT molecular complexity index is 166. The minimum absolute atomic E-state index is 0.657. The summed E-state index contributed by atoms with van der Waals surface area (Å²) < 4.78 is 0. The molecule has 15 heavy (non-hydrogen) atoms. The summed E-state index contributed by atoms with van der Waals surface area (Å²) in [7, 11) is 0. The summed E-state index contributed by atoms with van der Waals surface area (Å²) >= 11 is 0. The van der Waals surface area contributed by atoms with Gasteiger partial charge in [0.2, 0.25) is 0 Å². The van der Waals surface area contributed by atoms with Crippen molar-refractivity contribution in [2.75, 3.05) is 19.6 Å². The largest absolute Gasteiger partial charge is 0.313 e. The van der Waals surface area contributed by atoms with E-state index in [0.717, 1.165) is 12.0 Å². The summed E-state index contributed by atoms with van der Waals surface area (Å²) in [6.45, 7) is 13.0. The molecule has 2 heteroatoms. The maximum Gasteiger partial charge on any atom is 0.0166 e. The quantitative estimate of drug-likeness (QED) is 0.770. The number of rotatable bonds is 4. The van der Waals surface area contributed by atoms with Crippen molar-refractivity contribution in [2.45, 2.75) is 59.0 Å². The first-order valence-electron chi connectivity index (χ1n) is 6.64. The predicted octanol–water partition coefficient (Wildman–Crippen LogP) is 2.49. The molecule has 1 heterocycles. The zero-order valence-corrected chi connectivity index (χ0v) is 10.9. The molecule has 0 aliphatic carbocycles. The normalized spacial score (nSPS) is 29.4. The van der Waals surface area contributed by atoms with E-state index in [9.17, 15) is 0 Å². The van der Waals surface area contributed by atoms with Gasteiger partial charge in [0.1, 0.15) is 0 Å². The fraction of sp³-hybridized carbons (Fsp3) is 1.00. The number of hydrogen-bond acceptors (Lipinski definition) is 2. The van der Waals surface area contributed by atoms with Crippen LogP contribution in [0.3, 0.4) is 0 Å². The second-order valence-electron chi connectivity index (χ2n) is 5.13. The van der Waals surface area contributed by atoms with Gasteiger partial charge in [0, 0.05) is 25.2 Å². The van der Waals surface area contributed by atoms with Gasteiger partial charge in [-0.05, 0) is 32.7 Å². The highest BCUT2D eigenvalue weighted by molar-refractivity contribution is 4.79. The van der Waals surface area contributed by atoms with Crippen molar-refractivity contribution in [1.29, 1.82) is 0 Å². The standard InChI is InChI=1S/C13H28N2/c1-5-13(6-2)10-15-9-11(3)14-8-7-12(15)4/h11-14H,5-10H2,1-4H3. The number of nitrogens with zero attached hydrogens (tertiary/aromatic N) is 1. The molecule has 0 bridgehead atoms. The van der Waals surface area contributed by atoms with Crippen LogP contribution in [-0.2, 0) is 0 Å². The van der Waals surface area contributed by atoms with Crippen molar-refractivity contribution in [1.82, 2.24) is 10.2 Å². The Labute approximate surface area is 95.4 Å². The van der Waals surface area contributed by atoms with Crippen LogP contribution >= 0.6 is 0 Å². The lowest BCUT2D eigenvalue weighted by atomic mass is 10.0. The molecule has 0 aromatic heterocycles. The maximum absolute atomic E-state index is 3.57. The Balaban J connectivity index is 2.48. The average molecular weight is 212 g/mol. The summed E-state index contributed by atoms with van der Waals surface area (Å²) in [6.07, 6.45) is 3.94. The third kappa shape index (κ3) is 4.12. The highest BCUT2D eigenvalue weighted by Crippen LogP contribution is 2.15. The monoisotopic (exact) mass is 212 g/mol. The lowest BCUT2D eigenvalue weighted by Gasteiger charge is -2.31. The van der Waals surface area contributed by atoms with Crippen molar-refractivity contribution < 1.29 is 0 Å². The van der Waals surface area contributed by atoms with Gasteiger partial charge in [-0.15, -0.1) is 0 Å². The topological polar surface area (TPSA) is 15.3 Å². The molecule has 1 N–H and O–H groups in total. The van der Waals surface area contributed by atoms with E-state index in [0.29, 0.717) is 6.04 Å². The fourth-order valence-corrected chi connectivity index (χ4v) is 2.45. The van der Waals surface area contributed by atoms with E-state index < -0.39 is 0 Å². The van der Waals surface area contributed by atoms with Crippen molar-refractivity contribution in [2.24, 2.45) is 5.92 Å². The lowest BCUT2D eigenvalue weighted by Crippen LogP contribution is -2.41. The highest BCUT2D eigenvalue weighted by atomic mass is 15.2. The van der Waals surface area contributed by atoms with Crippen molar-refractivity contribution in [3.05, 3.63) is 0 Å². The van der Waals surface area contributed by atoms with Crippen LogP contribution in [0, 0.1) is 5.92 Å². The Morgan fingerprint density at radius 3 is 2.53 bits per heavy atom. The molecule has 0 aromatic rings. The molecule has 0 aromatic carbocycles. The van der Waals surface area contributed by atoms with Crippen molar-refractivity contribution in [3.63, 3.8) is 0 Å². The van der Waals surface area contributed by atoms with Gasteiger partial charge in [0.25, 0.3) is 0 Å². The van der Waals surface area contributed by atoms with E-state index in [1.165, 1.54) is 38.9 Å². The molecular weight excluding hydrogens is 184 g/mol. The molecule has 0 spiro atoms. The van der Waals surface area contributed by atoms with E-state index >= 15 is 0 Å². The predicted molar refractivity (Wildman–Crippen MR) is 67.2 cm³/mol. The summed E-state index contributed by atoms with van der Waals surface area (Å²) in [5.74, 6) is 0.887. The smallest absolute Gasteiger partial charge is 0.0166 e. The van der Waals surface area contributed by atoms with Crippen molar-refractivity contribution >= 4 is 0 Å². The molecule has 0 amide bonds. The van der Waals surface area contributed by atoms with Gasteiger partial charge in [-0.3, -0.25) is 4.90 Å². The summed E-state index contributed by atoms with van der Waals surface area (Å²) in [4.78, 5) is 2.68. The molecule has 90 valence electrons. The molecule has 1 saturated heterocycles. The van der Waals surface area contributed by atoms with Gasteiger partial charge in [0.15, 0.2) is 0 Å². The SMILES string of the molecule is CCC(CC)CN1CC(C)NCCC1C. The molecule has 1 rings (SSSR count). The summed E-state index contributed by atoms with van der Waals surface area (Å²) in [5, 5.41) is 3.57. The van der Waals surface area contributed by atoms with Crippen LogP contribution in [0.2, 0.25) is 0 Å². The van der Waals surface area contributed by atoms with E-state index in [4.69, 9.17) is 0 Å². The number of nitrogens with one attached hydrogen (secondary N) is 1. The first kappa shape index (κ1) is 13.0. The van der Waals surface area contributed by atoms with Crippen LogP contribution in [0.15, 0.2) is 0 Å². The van der Waals surface area contributed by atoms with E-state index in [-0.39, 0.29) is 0 Å². The first-order valence-corrected chi connectivity index (χ1v) is 6.64. The molecule has 2 atom stereocenters. The second kappa shape index (κ2) is 6.49. The highest BCUT2D eigenvalue weighted by Gasteiger charge is 2.21. The lowest BCUT2D eigenvalue weighted by molar-refractivity contribution is 0.171. The van der Waals surface area contributed by atoms with Crippen LogP contribution in [0.25, 0.3) is 0 Å². The van der Waals surface area contributed by atoms with Gasteiger partial charge >= 0.3 is 0 Å². The van der Waals surface area contributed by atoms with Crippen LogP contribution in [0.5, 0.6) is 0 Å². The molecule has 1 fully saturated rings. The number of hydrogen-bond donors (Lipinski definition) is 1. The van der Waals surface area contributed by atoms with Crippen LogP contribution in [0.1, 0.15) is 47.0 Å². The van der Waals surface area contributed by atoms with E-state index in [2.05, 4.69) is 37.9 Å². The summed E-state index contributed by atoms with van der Waals surface area (Å²) in [5.41, 5.74) is 0. The van der Waals surface area contributed by atoms with Crippen LogP contribution < -0.4 is 5.32 Å². The average Bonchev–Trinajstić information content (AvgIpc) is 2.37. The van der Waals surface area contributed by atoms with Gasteiger partial charge in [-0.25, -0.2) is 0 Å². The molecular formula is C13H28N2. The van der Waals surface area contributed by atoms with Crippen LogP contribution in [-0.4, -0.2) is 36.6 Å². The van der Waals surface area contributed by atoms with Gasteiger partial charge in [0.05, 0.1) is 0 Å². The third-order valence-electron chi connectivity index (χ3n) is 3.83. The molecule has 2 unspecified atom stereocenters. The zero-order valence-electron chi connectivity index (χ0n) is 10.9. The minimum atomic E-state index is 0.657. The van der Waals surface area contributed by atoms with Gasteiger partial charge < -0.3 is 5.32 Å². The summed E-state index contributed by atoms with van der Waals surface area (Å²) in [6, 6.07) is 1.41. The van der Waals surface area contributed by atoms with E-state index in [1.54, 1.807) is 0 Å². The van der Waals surface area contributed by atoms with Gasteiger partial charge in [-0.1, -0.05) is 26.7 Å². The first-order chi connectivity index (χ1) is 7.17. The Hall–Kier alpha value is -0.0800. The molecule has 1 aliphatic rings. The van der Waals surface area contributed by atoms with Crippen LogP contribution in [0.4, 0.5) is 0 Å².